The van der Waals surface area contributed by atoms with Crippen LogP contribution in [0.3, 0.4) is 0 Å². The van der Waals surface area contributed by atoms with E-state index < -0.39 is 0 Å². The van der Waals surface area contributed by atoms with Crippen LogP contribution in [0.2, 0.25) is 0 Å². The van der Waals surface area contributed by atoms with Gasteiger partial charge in [0.15, 0.2) is 0 Å². The van der Waals surface area contributed by atoms with Crippen LogP contribution in [0.15, 0.2) is 24.5 Å². The summed E-state index contributed by atoms with van der Waals surface area (Å²) < 4.78 is 0. The fourth-order valence-corrected chi connectivity index (χ4v) is 2.90. The molecule has 1 aliphatic carbocycles. The van der Waals surface area contributed by atoms with Gasteiger partial charge in [0.2, 0.25) is 0 Å². The zero-order valence-electron chi connectivity index (χ0n) is 11.5. The van der Waals surface area contributed by atoms with E-state index in [0.29, 0.717) is 12.0 Å². The lowest BCUT2D eigenvalue weighted by molar-refractivity contribution is -0.109. The number of nitrogens with zero attached hydrogens (tertiary/aromatic N) is 1. The van der Waals surface area contributed by atoms with Crippen molar-refractivity contribution in [2.45, 2.75) is 50.7 Å². The minimum absolute atomic E-state index is 0.0476. The van der Waals surface area contributed by atoms with Crippen molar-refractivity contribution in [3.63, 3.8) is 0 Å². The molecule has 1 aliphatic rings. The summed E-state index contributed by atoms with van der Waals surface area (Å²) in [5.74, 6) is 0.522. The molecule has 1 fully saturated rings. The minimum atomic E-state index is -0.0476. The van der Waals surface area contributed by atoms with Crippen molar-refractivity contribution in [1.29, 1.82) is 0 Å². The zero-order valence-corrected chi connectivity index (χ0v) is 11.5. The Kier molecular flexibility index (Phi) is 5.05. The third-order valence-corrected chi connectivity index (χ3v) is 4.05. The normalized spacial score (nSPS) is 26.6. The quantitative estimate of drug-likeness (QED) is 0.793. The molecule has 0 aromatic carbocycles. The molecule has 0 saturated heterocycles. The molecule has 19 heavy (non-hydrogen) atoms. The lowest BCUT2D eigenvalue weighted by atomic mass is 9.80. The van der Waals surface area contributed by atoms with Gasteiger partial charge in [0, 0.05) is 24.5 Å². The summed E-state index contributed by atoms with van der Waals surface area (Å²) in [6.45, 7) is 1.90. The number of aromatic nitrogens is 1. The van der Waals surface area contributed by atoms with Crippen LogP contribution in [0.1, 0.15) is 44.2 Å². The van der Waals surface area contributed by atoms with Crippen LogP contribution in [-0.2, 0) is 4.79 Å². The smallest absolute Gasteiger partial charge is 0.136 e. The molecule has 1 aromatic rings. The number of carbonyl (C=O) groups excluding carboxylic acids is 1. The second-order valence-electron chi connectivity index (χ2n) is 5.52. The Labute approximate surface area is 114 Å². The first-order valence-corrected chi connectivity index (χ1v) is 7.07. The molecule has 4 nitrogen and oxygen atoms in total. The van der Waals surface area contributed by atoms with Gasteiger partial charge in [0.05, 0.1) is 6.04 Å². The van der Waals surface area contributed by atoms with Gasteiger partial charge in [0.25, 0.3) is 0 Å². The van der Waals surface area contributed by atoms with E-state index in [1.807, 2.05) is 19.2 Å². The molecule has 0 radical (unpaired) electrons. The molecule has 4 heteroatoms. The highest BCUT2D eigenvalue weighted by Crippen LogP contribution is 2.32. The van der Waals surface area contributed by atoms with Crippen LogP contribution in [-0.4, -0.2) is 23.4 Å². The average molecular weight is 261 g/mol. The number of pyridine rings is 1. The molecule has 1 saturated carbocycles. The Bertz CT molecular complexity index is 388. The zero-order chi connectivity index (χ0) is 13.7. The highest BCUT2D eigenvalue weighted by Gasteiger charge is 2.26. The maximum atomic E-state index is 10.6. The van der Waals surface area contributed by atoms with Gasteiger partial charge in [-0.15, -0.1) is 0 Å². The molecule has 2 atom stereocenters. The maximum Gasteiger partial charge on any atom is 0.136 e. The summed E-state index contributed by atoms with van der Waals surface area (Å²) in [5.41, 5.74) is 7.45. The van der Waals surface area contributed by atoms with Gasteiger partial charge >= 0.3 is 0 Å². The first-order chi connectivity index (χ1) is 9.20. The lowest BCUT2D eigenvalue weighted by Crippen LogP contribution is -2.41. The molecular formula is C15H23N3O. The standard InChI is InChI=1S/C15H23N3O/c1-11(10-19)18-14-6-4-12(5-7-14)15(16)13-3-2-8-17-9-13/h2-3,8-12,14-15,18H,4-7,16H2,1H3/t11-,12?,14?,15?/m0/s1. The van der Waals surface area contributed by atoms with Crippen molar-refractivity contribution in [3.05, 3.63) is 30.1 Å². The predicted octanol–water partition coefficient (Wildman–Crippen LogP) is 1.82. The molecule has 1 heterocycles. The highest BCUT2D eigenvalue weighted by atomic mass is 16.1. The number of nitrogens with one attached hydrogen (secondary N) is 1. The molecule has 0 spiro atoms. The fourth-order valence-electron chi connectivity index (χ4n) is 2.90. The van der Waals surface area contributed by atoms with Crippen LogP contribution in [0, 0.1) is 5.92 Å². The van der Waals surface area contributed by atoms with E-state index in [9.17, 15) is 4.79 Å². The molecule has 0 bridgehead atoms. The fraction of sp³-hybridized carbons (Fsp3) is 0.600. The average Bonchev–Trinajstić information content (AvgIpc) is 2.48. The topological polar surface area (TPSA) is 68.0 Å². The van der Waals surface area contributed by atoms with Crippen molar-refractivity contribution in [2.75, 3.05) is 0 Å². The van der Waals surface area contributed by atoms with Crippen molar-refractivity contribution >= 4 is 6.29 Å². The van der Waals surface area contributed by atoms with Crippen LogP contribution in [0.5, 0.6) is 0 Å². The Hall–Kier alpha value is -1.26. The van der Waals surface area contributed by atoms with Crippen LogP contribution >= 0.6 is 0 Å². The summed E-state index contributed by atoms with van der Waals surface area (Å²) in [4.78, 5) is 14.8. The van der Waals surface area contributed by atoms with Crippen LogP contribution in [0.25, 0.3) is 0 Å². The Morgan fingerprint density at radius 1 is 1.42 bits per heavy atom. The number of rotatable bonds is 5. The molecule has 0 aliphatic heterocycles. The third-order valence-electron chi connectivity index (χ3n) is 4.05. The molecule has 2 rings (SSSR count). The van der Waals surface area contributed by atoms with E-state index in [2.05, 4.69) is 16.4 Å². The van der Waals surface area contributed by atoms with E-state index >= 15 is 0 Å². The number of hydrogen-bond donors (Lipinski definition) is 2. The van der Waals surface area contributed by atoms with Gasteiger partial charge in [-0.05, 0) is 50.2 Å². The number of nitrogens with two attached hydrogens (primary N) is 1. The number of carbonyl (C=O) groups is 1. The lowest BCUT2D eigenvalue weighted by Gasteiger charge is -2.33. The van der Waals surface area contributed by atoms with E-state index in [-0.39, 0.29) is 12.1 Å². The van der Waals surface area contributed by atoms with Crippen molar-refractivity contribution < 1.29 is 4.79 Å². The van der Waals surface area contributed by atoms with E-state index in [1.54, 1.807) is 6.20 Å². The van der Waals surface area contributed by atoms with E-state index in [4.69, 9.17) is 5.73 Å². The van der Waals surface area contributed by atoms with E-state index in [0.717, 1.165) is 37.5 Å². The summed E-state index contributed by atoms with van der Waals surface area (Å²) in [7, 11) is 0. The number of aldehydes is 1. The van der Waals surface area contributed by atoms with E-state index in [1.165, 1.54) is 0 Å². The Balaban J connectivity index is 1.84. The Morgan fingerprint density at radius 3 is 2.74 bits per heavy atom. The summed E-state index contributed by atoms with van der Waals surface area (Å²) in [6, 6.07) is 4.48. The first kappa shape index (κ1) is 14.2. The maximum absolute atomic E-state index is 10.6. The van der Waals surface area contributed by atoms with Crippen LogP contribution < -0.4 is 11.1 Å². The largest absolute Gasteiger partial charge is 0.324 e. The molecule has 0 amide bonds. The summed E-state index contributed by atoms with van der Waals surface area (Å²) in [5, 5.41) is 3.35. The van der Waals surface area contributed by atoms with Gasteiger partial charge in [-0.25, -0.2) is 0 Å². The molecule has 1 aromatic heterocycles. The molecule has 1 unspecified atom stereocenters. The molecular weight excluding hydrogens is 238 g/mol. The van der Waals surface area contributed by atoms with Crippen molar-refractivity contribution in [2.24, 2.45) is 11.7 Å². The monoisotopic (exact) mass is 261 g/mol. The van der Waals surface area contributed by atoms with Gasteiger partial charge < -0.3 is 15.8 Å². The second kappa shape index (κ2) is 6.78. The molecule has 104 valence electrons. The van der Waals surface area contributed by atoms with Gasteiger partial charge in [-0.2, -0.15) is 0 Å². The number of hydrogen-bond acceptors (Lipinski definition) is 4. The van der Waals surface area contributed by atoms with Gasteiger partial charge in [-0.1, -0.05) is 6.07 Å². The Morgan fingerprint density at radius 2 is 2.16 bits per heavy atom. The minimum Gasteiger partial charge on any atom is -0.324 e. The molecule has 3 N–H and O–H groups in total. The first-order valence-electron chi connectivity index (χ1n) is 7.07. The summed E-state index contributed by atoms with van der Waals surface area (Å²) >= 11 is 0. The third kappa shape index (κ3) is 3.85. The van der Waals surface area contributed by atoms with Crippen molar-refractivity contribution in [1.82, 2.24) is 10.3 Å². The predicted molar refractivity (Wildman–Crippen MR) is 75.6 cm³/mol. The second-order valence-corrected chi connectivity index (χ2v) is 5.52. The van der Waals surface area contributed by atoms with Gasteiger partial charge in [-0.3, -0.25) is 4.98 Å². The van der Waals surface area contributed by atoms with Crippen LogP contribution in [0.4, 0.5) is 0 Å². The van der Waals surface area contributed by atoms with Crippen molar-refractivity contribution in [3.8, 4) is 0 Å². The SMILES string of the molecule is C[C@@H](C=O)NC1CCC(C(N)c2cccnc2)CC1. The summed E-state index contributed by atoms with van der Waals surface area (Å²) in [6.07, 6.45) is 9.01. The van der Waals surface area contributed by atoms with Gasteiger partial charge in [0.1, 0.15) is 6.29 Å². The highest BCUT2D eigenvalue weighted by molar-refractivity contribution is 5.56.